The summed E-state index contributed by atoms with van der Waals surface area (Å²) in [7, 11) is 0. The number of hydrogen-bond acceptors (Lipinski definition) is 20. The maximum absolute atomic E-state index is 11.8. The molecule has 4 aromatic heterocycles. The molecule has 0 radical (unpaired) electrons. The normalized spacial score (nSPS) is 11.2. The van der Waals surface area contributed by atoms with Gasteiger partial charge in [-0.2, -0.15) is 21.0 Å². The van der Waals surface area contributed by atoms with E-state index < -0.39 is 36.2 Å². The van der Waals surface area contributed by atoms with Crippen molar-refractivity contribution in [3.63, 3.8) is 0 Å². The van der Waals surface area contributed by atoms with Crippen LogP contribution in [0.4, 0.5) is 0 Å². The van der Waals surface area contributed by atoms with E-state index in [-0.39, 0.29) is 40.9 Å². The maximum atomic E-state index is 11.8. The Bertz CT molecular complexity index is 5000. The van der Waals surface area contributed by atoms with E-state index in [1.807, 2.05) is 103 Å². The van der Waals surface area contributed by atoms with Gasteiger partial charge in [-0.1, -0.05) is 64.5 Å². The monoisotopic (exact) mass is 1460 g/mol. The molecule has 105 heavy (non-hydrogen) atoms. The van der Waals surface area contributed by atoms with Crippen LogP contribution in [0.1, 0.15) is 70.7 Å². The predicted molar refractivity (Wildman–Crippen MR) is 397 cm³/mol. The minimum atomic E-state index is -1.02. The summed E-state index contributed by atoms with van der Waals surface area (Å²) in [5, 5.41) is 61.8. The van der Waals surface area contributed by atoms with Gasteiger partial charge in [0.15, 0.2) is 18.3 Å². The average Bonchev–Trinajstić information content (AvgIpc) is 0.812. The Hall–Kier alpha value is -12.5. The number of ether oxygens (including phenoxy) is 6. The number of rotatable bonds is 17. The van der Waals surface area contributed by atoms with Crippen molar-refractivity contribution >= 4 is 82.9 Å². The molecule has 23 heteroatoms. The summed E-state index contributed by atoms with van der Waals surface area (Å²) in [6.45, 7) is 12.9. The molecule has 0 fully saturated rings. The number of carboxylic acids is 1. The first-order valence-corrected chi connectivity index (χ1v) is 33.3. The van der Waals surface area contributed by atoms with Crippen LogP contribution in [0.2, 0.25) is 0 Å². The minimum absolute atomic E-state index is 0. The number of halogens is 1. The van der Waals surface area contributed by atoms with E-state index in [2.05, 4.69) is 64.9 Å². The number of carbonyl (C=O) groups is 4. The molecule has 12 rings (SSSR count). The smallest absolute Gasteiger partial charge is 0.870 e. The fourth-order valence-electron chi connectivity index (χ4n) is 10.2. The number of nitriles is 4. The number of benzene rings is 8. The van der Waals surface area contributed by atoms with Gasteiger partial charge in [-0.15, -0.1) is 0 Å². The molecule has 21 nitrogen and oxygen atoms in total. The molecular weight excluding hydrogens is 1390 g/mol. The van der Waals surface area contributed by atoms with Crippen LogP contribution in [0.3, 0.4) is 0 Å². The van der Waals surface area contributed by atoms with Gasteiger partial charge in [-0.25, -0.2) is 14.4 Å². The maximum Gasteiger partial charge on any atom is 1.00 e. The van der Waals surface area contributed by atoms with E-state index in [4.69, 9.17) is 49.8 Å². The van der Waals surface area contributed by atoms with E-state index in [0.29, 0.717) is 59.3 Å². The van der Waals surface area contributed by atoms with Crippen molar-refractivity contribution in [2.24, 2.45) is 0 Å². The number of aliphatic carboxylic acids is 1. The molecule has 0 aliphatic heterocycles. The first kappa shape index (κ1) is 81.4. The molecule has 0 amide bonds. The second-order valence-corrected chi connectivity index (χ2v) is 23.9. The third kappa shape index (κ3) is 22.5. The fraction of sp³-hybridized carbons (Fsp3) is 0.171. The van der Waals surface area contributed by atoms with Crippen LogP contribution in [0, 0.1) is 45.3 Å². The van der Waals surface area contributed by atoms with Crippen LogP contribution in [0.5, 0.6) is 23.0 Å². The number of carboxylic acid groups (broad SMARTS) is 1. The van der Waals surface area contributed by atoms with Crippen LogP contribution < -0.4 is 33.1 Å². The molecule has 1 unspecified atom stereocenters. The second kappa shape index (κ2) is 40.2. The minimum Gasteiger partial charge on any atom is -0.870 e. The number of phenols is 1. The molecule has 12 aromatic rings. The molecule has 0 bridgehead atoms. The molecule has 0 aliphatic rings. The summed E-state index contributed by atoms with van der Waals surface area (Å²) in [6.07, 6.45) is 11.8. The van der Waals surface area contributed by atoms with Crippen LogP contribution in [-0.4, -0.2) is 102 Å². The van der Waals surface area contributed by atoms with Crippen LogP contribution in [-0.2, 0) is 33.4 Å². The molecule has 0 saturated heterocycles. The summed E-state index contributed by atoms with van der Waals surface area (Å²) in [6, 6.07) is 59.4. The van der Waals surface area contributed by atoms with Gasteiger partial charge >= 0.3 is 42.7 Å². The molecule has 3 N–H and O–H groups in total. The molecule has 0 spiro atoms. The van der Waals surface area contributed by atoms with Crippen molar-refractivity contribution in [3.8, 4) is 91.8 Å². The summed E-state index contributed by atoms with van der Waals surface area (Å²) < 4.78 is 31.5. The van der Waals surface area contributed by atoms with Gasteiger partial charge in [0.1, 0.15) is 27.8 Å². The van der Waals surface area contributed by atoms with Gasteiger partial charge in [0.05, 0.1) is 66.4 Å². The van der Waals surface area contributed by atoms with Crippen LogP contribution >= 0.6 is 15.9 Å². The first-order valence-electron chi connectivity index (χ1n) is 32.4. The van der Waals surface area contributed by atoms with Gasteiger partial charge < -0.3 is 44.1 Å². The molecular formula is C82H70BrLiN8O13. The molecule has 0 aliphatic carbocycles. The standard InChI is InChI=1S/2C21H18N2O3.C19H14N2O3.C16H10N2O.C5H9BrO2.Li.H2O/c2*1-3-25-21(24)14(2)26-18-9-8-17-12-23-13-20(19(17)10-18)16-6-4-15(11-22)5-7-16;1-12(19(22)23)24-16-7-6-15-10-21-11-18(17(15)8-16)14-4-2-13(9-20)3-5-14;17-8-11-1-3-12(4-2-11)16-10-18-9-13-5-6-14(19)7-15(13)16;1-3-8-5(7)4(2)6;;/h2*4-10,12-14H,3H2,1-2H3;2-8,10-12H,1H3,(H,22,23);1-7,9-10,19H;4H,3H2,1-2H3;;1H2/q;;;;;+1;/p-1/t2*14-;12-;;;;/m101..../s1. The number of nitrogens with zero attached hydrogens (tertiary/aromatic N) is 8. The number of pyridine rings is 4. The van der Waals surface area contributed by atoms with Gasteiger partial charge in [0.2, 0.25) is 0 Å². The van der Waals surface area contributed by atoms with Crippen molar-refractivity contribution in [1.29, 1.82) is 21.0 Å². The van der Waals surface area contributed by atoms with Crippen molar-refractivity contribution in [2.75, 3.05) is 19.8 Å². The summed E-state index contributed by atoms with van der Waals surface area (Å²) in [5.41, 5.74) is 9.94. The summed E-state index contributed by atoms with van der Waals surface area (Å²) in [4.78, 5) is 61.9. The van der Waals surface area contributed by atoms with E-state index in [0.717, 1.165) is 87.6 Å². The molecule has 4 atom stereocenters. The Morgan fingerprint density at radius 2 is 0.648 bits per heavy atom. The SMILES string of the molecule is CCOC(=O)C(C)Br.CCOC(=O)[C@@H](C)Oc1ccc2cncc(-c3ccc(C#N)cc3)c2c1.CCOC(=O)[C@H](C)Oc1ccc2cncc(-c3ccc(C#N)cc3)c2c1.C[C@@H](Oc1ccc2cncc(-c3ccc(C#N)cc3)c2c1)C(=O)O.N#Cc1ccc(-c2cncc3ccc(O)cc23)cc1.[Li+].[OH-]. The van der Waals surface area contributed by atoms with Crippen molar-refractivity contribution < 1.29 is 82.1 Å². The number of esters is 3. The quantitative estimate of drug-likeness (QED) is 0.0370. The van der Waals surface area contributed by atoms with Gasteiger partial charge in [-0.05, 0) is 214 Å². The zero-order valence-electron chi connectivity index (χ0n) is 58.6. The van der Waals surface area contributed by atoms with Gasteiger partial charge in [0, 0.05) is 93.4 Å². The van der Waals surface area contributed by atoms with Crippen molar-refractivity contribution in [3.05, 3.63) is 242 Å². The third-order valence-electron chi connectivity index (χ3n) is 15.4. The van der Waals surface area contributed by atoms with E-state index >= 15 is 0 Å². The van der Waals surface area contributed by atoms with Crippen LogP contribution in [0.25, 0.3) is 87.6 Å². The van der Waals surface area contributed by atoms with Crippen LogP contribution in [0.15, 0.2) is 219 Å². The molecule has 0 saturated carbocycles. The second-order valence-electron chi connectivity index (χ2n) is 22.5. The number of aromatic nitrogens is 4. The Morgan fingerprint density at radius 1 is 0.390 bits per heavy atom. The van der Waals surface area contributed by atoms with Crippen molar-refractivity contribution in [1.82, 2.24) is 19.9 Å². The zero-order valence-corrected chi connectivity index (χ0v) is 60.2. The molecule has 524 valence electrons. The number of aromatic hydroxyl groups is 1. The van der Waals surface area contributed by atoms with Gasteiger partial charge in [0.25, 0.3) is 0 Å². The fourth-order valence-corrected chi connectivity index (χ4v) is 10.3. The average molecular weight is 1460 g/mol. The van der Waals surface area contributed by atoms with Crippen molar-refractivity contribution in [2.45, 2.75) is 71.6 Å². The number of alkyl halides is 1. The Balaban J connectivity index is 0.000000212. The summed E-state index contributed by atoms with van der Waals surface area (Å²) >= 11 is 3.07. The van der Waals surface area contributed by atoms with E-state index in [1.165, 1.54) is 6.92 Å². The largest absolute Gasteiger partial charge is 1.00 e. The third-order valence-corrected chi connectivity index (χ3v) is 15.7. The Labute approximate surface area is 627 Å². The topological polar surface area (TPSA) is 341 Å². The molecule has 4 heterocycles. The zero-order chi connectivity index (χ0) is 74.0. The number of phenolic OH excluding ortho intramolecular Hbond substituents is 1. The number of fused-ring (bicyclic) bond motifs is 4. The number of hydrogen-bond donors (Lipinski definition) is 2. The van der Waals surface area contributed by atoms with E-state index in [1.54, 1.807) is 158 Å². The van der Waals surface area contributed by atoms with Gasteiger partial charge in [-0.3, -0.25) is 24.7 Å². The summed E-state index contributed by atoms with van der Waals surface area (Å²) in [5.74, 6) is -0.126. The Kier molecular flexibility index (Phi) is 31.2. The first-order chi connectivity index (χ1) is 49.8. The molecule has 8 aromatic carbocycles. The number of carbonyl (C=O) groups excluding carboxylic acids is 3. The predicted octanol–water partition coefficient (Wildman–Crippen LogP) is 13.5. The van der Waals surface area contributed by atoms with E-state index in [9.17, 15) is 24.3 Å². The Morgan fingerprint density at radius 3 is 0.895 bits per heavy atom.